The van der Waals surface area contributed by atoms with Crippen LogP contribution < -0.4 is 15.0 Å². The topological polar surface area (TPSA) is 67.3 Å². The molecule has 1 aliphatic rings. The normalized spacial score (nSPS) is 16.6. The molecule has 150 valence electrons. The van der Waals surface area contributed by atoms with Crippen LogP contribution in [0.2, 0.25) is 0 Å². The first-order valence-corrected chi connectivity index (χ1v) is 10.9. The van der Waals surface area contributed by atoms with Gasteiger partial charge in [0.15, 0.2) is 5.16 Å². The van der Waals surface area contributed by atoms with Gasteiger partial charge in [-0.3, -0.25) is 4.79 Å². The fourth-order valence-electron chi connectivity index (χ4n) is 3.52. The minimum Gasteiger partial charge on any atom is -0.497 e. The van der Waals surface area contributed by atoms with Crippen molar-refractivity contribution in [3.63, 3.8) is 0 Å². The second kappa shape index (κ2) is 10.3. The van der Waals surface area contributed by atoms with Gasteiger partial charge in [0.25, 0.3) is 0 Å². The van der Waals surface area contributed by atoms with Crippen LogP contribution in [0, 0.1) is 5.92 Å². The van der Waals surface area contributed by atoms with Gasteiger partial charge in [-0.2, -0.15) is 0 Å². The largest absolute Gasteiger partial charge is 0.497 e. The summed E-state index contributed by atoms with van der Waals surface area (Å²) in [4.78, 5) is 23.5. The van der Waals surface area contributed by atoms with Gasteiger partial charge in [-0.05, 0) is 55.2 Å². The number of hydrogen-bond donors (Lipinski definition) is 1. The zero-order valence-electron chi connectivity index (χ0n) is 16.6. The standard InChI is InChI=1S/C21H28N4O2S/c1-27-18-7-3-5-17(13-18)14-23-20(26)9-8-16-6-4-12-25(15-16)19-10-11-22-21(24-19)28-2/h3,5,7,10-11,13,16H,4,6,8-9,12,14-15H2,1-2H3,(H,23,26). The van der Waals surface area contributed by atoms with E-state index in [9.17, 15) is 4.79 Å². The van der Waals surface area contributed by atoms with Crippen molar-refractivity contribution in [2.24, 2.45) is 5.92 Å². The molecule has 1 saturated heterocycles. The lowest BCUT2D eigenvalue weighted by Crippen LogP contribution is -2.36. The average molecular weight is 401 g/mol. The van der Waals surface area contributed by atoms with E-state index in [-0.39, 0.29) is 5.91 Å². The molecule has 0 saturated carbocycles. The van der Waals surface area contributed by atoms with Gasteiger partial charge in [0, 0.05) is 32.3 Å². The Hall–Kier alpha value is -2.28. The van der Waals surface area contributed by atoms with Gasteiger partial charge in [0.2, 0.25) is 5.91 Å². The fourth-order valence-corrected chi connectivity index (χ4v) is 3.87. The molecule has 0 spiro atoms. The zero-order valence-corrected chi connectivity index (χ0v) is 17.4. The maximum atomic E-state index is 12.3. The highest BCUT2D eigenvalue weighted by Crippen LogP contribution is 2.25. The van der Waals surface area contributed by atoms with Crippen LogP contribution in [-0.4, -0.2) is 42.3 Å². The summed E-state index contributed by atoms with van der Waals surface area (Å²) in [5.74, 6) is 2.42. The van der Waals surface area contributed by atoms with Gasteiger partial charge in [0.05, 0.1) is 7.11 Å². The van der Waals surface area contributed by atoms with E-state index >= 15 is 0 Å². The minimum atomic E-state index is 0.103. The van der Waals surface area contributed by atoms with Crippen molar-refractivity contribution in [3.8, 4) is 5.75 Å². The maximum Gasteiger partial charge on any atom is 0.220 e. The van der Waals surface area contributed by atoms with Crippen LogP contribution in [0.4, 0.5) is 5.82 Å². The van der Waals surface area contributed by atoms with Crippen LogP contribution in [-0.2, 0) is 11.3 Å². The molecule has 0 bridgehead atoms. The number of carbonyl (C=O) groups is 1. The molecule has 1 amide bonds. The molecule has 1 atom stereocenters. The molecular weight excluding hydrogens is 372 g/mol. The molecular formula is C21H28N4O2S. The molecule has 0 aliphatic carbocycles. The van der Waals surface area contributed by atoms with Crippen molar-refractivity contribution in [1.82, 2.24) is 15.3 Å². The number of nitrogens with one attached hydrogen (secondary N) is 1. The van der Waals surface area contributed by atoms with Crippen LogP contribution >= 0.6 is 11.8 Å². The van der Waals surface area contributed by atoms with Gasteiger partial charge in [-0.15, -0.1) is 0 Å². The van der Waals surface area contributed by atoms with Crippen LogP contribution in [0.3, 0.4) is 0 Å². The molecule has 28 heavy (non-hydrogen) atoms. The van der Waals surface area contributed by atoms with Crippen LogP contribution in [0.1, 0.15) is 31.2 Å². The number of hydrogen-bond acceptors (Lipinski definition) is 6. The molecule has 0 radical (unpaired) electrons. The lowest BCUT2D eigenvalue weighted by molar-refractivity contribution is -0.121. The summed E-state index contributed by atoms with van der Waals surface area (Å²) in [5.41, 5.74) is 1.05. The number of methoxy groups -OCH3 is 1. The highest BCUT2D eigenvalue weighted by atomic mass is 32.2. The summed E-state index contributed by atoms with van der Waals surface area (Å²) in [6.07, 6.45) is 7.57. The Kier molecular flexibility index (Phi) is 7.54. The van der Waals surface area contributed by atoms with Crippen LogP contribution in [0.25, 0.3) is 0 Å². The molecule has 2 aromatic rings. The fraction of sp³-hybridized carbons (Fsp3) is 0.476. The third-order valence-corrected chi connectivity index (χ3v) is 5.61. The number of amides is 1. The third kappa shape index (κ3) is 5.86. The Morgan fingerprint density at radius 2 is 2.29 bits per heavy atom. The number of anilines is 1. The summed E-state index contributed by atoms with van der Waals surface area (Å²) in [5, 5.41) is 3.82. The molecule has 1 unspecified atom stereocenters. The van der Waals surface area contributed by atoms with Crippen molar-refractivity contribution in [1.29, 1.82) is 0 Å². The minimum absolute atomic E-state index is 0.103. The Morgan fingerprint density at radius 1 is 1.39 bits per heavy atom. The number of ether oxygens (including phenoxy) is 1. The van der Waals surface area contributed by atoms with Gasteiger partial charge in [-0.1, -0.05) is 23.9 Å². The Labute approximate surface area is 171 Å². The summed E-state index contributed by atoms with van der Waals surface area (Å²) in [6.45, 7) is 2.50. The number of piperidine rings is 1. The van der Waals surface area contributed by atoms with E-state index in [1.807, 2.05) is 42.8 Å². The van der Waals surface area contributed by atoms with Crippen molar-refractivity contribution in [3.05, 3.63) is 42.1 Å². The molecule has 7 heteroatoms. The molecule has 3 rings (SSSR count). The van der Waals surface area contributed by atoms with E-state index in [0.29, 0.717) is 18.9 Å². The molecule has 1 fully saturated rings. The predicted molar refractivity (Wildman–Crippen MR) is 113 cm³/mol. The van der Waals surface area contributed by atoms with Crippen molar-refractivity contribution < 1.29 is 9.53 Å². The third-order valence-electron chi connectivity index (χ3n) is 5.05. The van der Waals surface area contributed by atoms with Crippen molar-refractivity contribution in [2.45, 2.75) is 37.4 Å². The van der Waals surface area contributed by atoms with Crippen LogP contribution in [0.15, 0.2) is 41.7 Å². The van der Waals surface area contributed by atoms with E-state index in [4.69, 9.17) is 4.74 Å². The number of aromatic nitrogens is 2. The molecule has 2 heterocycles. The highest BCUT2D eigenvalue weighted by molar-refractivity contribution is 7.98. The second-order valence-corrected chi connectivity index (χ2v) is 7.80. The first-order chi connectivity index (χ1) is 13.7. The average Bonchev–Trinajstić information content (AvgIpc) is 2.76. The van der Waals surface area contributed by atoms with E-state index < -0.39 is 0 Å². The van der Waals surface area contributed by atoms with Gasteiger partial charge < -0.3 is 15.0 Å². The summed E-state index contributed by atoms with van der Waals surface area (Å²) in [6, 6.07) is 9.76. The Bertz CT molecular complexity index is 787. The second-order valence-electron chi connectivity index (χ2n) is 7.02. The summed E-state index contributed by atoms with van der Waals surface area (Å²) in [7, 11) is 1.65. The quantitative estimate of drug-likeness (QED) is 0.540. The molecule has 1 aliphatic heterocycles. The highest BCUT2D eigenvalue weighted by Gasteiger charge is 2.22. The Morgan fingerprint density at radius 3 is 3.11 bits per heavy atom. The Balaban J connectivity index is 1.45. The lowest BCUT2D eigenvalue weighted by atomic mass is 9.93. The molecule has 1 N–H and O–H groups in total. The van der Waals surface area contributed by atoms with Gasteiger partial charge in [-0.25, -0.2) is 9.97 Å². The monoisotopic (exact) mass is 400 g/mol. The maximum absolute atomic E-state index is 12.3. The number of nitrogens with zero attached hydrogens (tertiary/aromatic N) is 3. The first kappa shape index (κ1) is 20.5. The van der Waals surface area contributed by atoms with E-state index in [0.717, 1.165) is 48.2 Å². The number of carbonyl (C=O) groups excluding carboxylic acids is 1. The first-order valence-electron chi connectivity index (χ1n) is 9.69. The molecule has 1 aromatic heterocycles. The van der Waals surface area contributed by atoms with Crippen molar-refractivity contribution >= 4 is 23.5 Å². The van der Waals surface area contributed by atoms with E-state index in [2.05, 4.69) is 20.2 Å². The SMILES string of the molecule is COc1cccc(CNC(=O)CCC2CCCN(c3ccnc(SC)n3)C2)c1. The van der Waals surface area contributed by atoms with Crippen molar-refractivity contribution in [2.75, 3.05) is 31.4 Å². The lowest BCUT2D eigenvalue weighted by Gasteiger charge is -2.33. The molecule has 1 aromatic carbocycles. The van der Waals surface area contributed by atoms with Crippen LogP contribution in [0.5, 0.6) is 5.75 Å². The number of thioether (sulfide) groups is 1. The summed E-state index contributed by atoms with van der Waals surface area (Å²) >= 11 is 1.56. The van der Waals surface area contributed by atoms with Gasteiger partial charge >= 0.3 is 0 Å². The van der Waals surface area contributed by atoms with E-state index in [1.54, 1.807) is 18.9 Å². The smallest absolute Gasteiger partial charge is 0.220 e. The molecule has 6 nitrogen and oxygen atoms in total. The number of benzene rings is 1. The van der Waals surface area contributed by atoms with Gasteiger partial charge in [0.1, 0.15) is 11.6 Å². The number of rotatable bonds is 8. The van der Waals surface area contributed by atoms with E-state index in [1.165, 1.54) is 6.42 Å². The summed E-state index contributed by atoms with van der Waals surface area (Å²) < 4.78 is 5.22. The zero-order chi connectivity index (χ0) is 19.8. The predicted octanol–water partition coefficient (Wildman–Crippen LogP) is 3.52.